The Morgan fingerprint density at radius 2 is 2.29 bits per heavy atom. The van der Waals surface area contributed by atoms with E-state index < -0.39 is 0 Å². The lowest BCUT2D eigenvalue weighted by Crippen LogP contribution is -2.01. The zero-order valence-corrected chi connectivity index (χ0v) is 8.10. The van der Waals surface area contributed by atoms with Crippen molar-refractivity contribution >= 4 is 5.65 Å². The van der Waals surface area contributed by atoms with E-state index in [1.807, 2.05) is 13.8 Å². The van der Waals surface area contributed by atoms with Gasteiger partial charge in [-0.25, -0.2) is 9.50 Å². The summed E-state index contributed by atoms with van der Waals surface area (Å²) in [5, 5.41) is 13.3. The number of rotatable bonds is 1. The molecule has 0 amide bonds. The summed E-state index contributed by atoms with van der Waals surface area (Å²) in [5.74, 6) is 0.314. The average Bonchev–Trinajstić information content (AvgIpc) is 2.63. The molecule has 0 bridgehead atoms. The fourth-order valence-corrected chi connectivity index (χ4v) is 1.30. The van der Waals surface area contributed by atoms with Gasteiger partial charge >= 0.3 is 0 Å². The minimum absolute atomic E-state index is 0.314. The molecule has 4 heteroatoms. The van der Waals surface area contributed by atoms with E-state index in [9.17, 15) is 0 Å². The molecule has 0 saturated carbocycles. The Hall–Kier alpha value is -1.89. The molecule has 0 unspecified atom stereocenters. The van der Waals surface area contributed by atoms with Gasteiger partial charge in [0.2, 0.25) is 0 Å². The quantitative estimate of drug-likeness (QED) is 0.681. The molecular weight excluding hydrogens is 176 g/mol. The normalized spacial score (nSPS) is 10.7. The number of nitriles is 1. The molecule has 0 spiro atoms. The molecule has 70 valence electrons. The smallest absolute Gasteiger partial charge is 0.171 e. The Kier molecular flexibility index (Phi) is 1.93. The van der Waals surface area contributed by atoms with Gasteiger partial charge in [-0.15, -0.1) is 0 Å². The Morgan fingerprint density at radius 3 is 2.93 bits per heavy atom. The third kappa shape index (κ3) is 1.23. The van der Waals surface area contributed by atoms with Gasteiger partial charge in [0.1, 0.15) is 6.07 Å². The largest absolute Gasteiger partial charge is 0.234 e. The lowest BCUT2D eigenvalue weighted by molar-refractivity contribution is 0.762. The summed E-state index contributed by atoms with van der Waals surface area (Å²) < 4.78 is 1.65. The molecule has 0 fully saturated rings. The molecule has 0 N–H and O–H groups in total. The van der Waals surface area contributed by atoms with Crippen LogP contribution < -0.4 is 0 Å². The number of hydrogen-bond acceptors (Lipinski definition) is 3. The molecule has 0 aliphatic carbocycles. The highest BCUT2D eigenvalue weighted by atomic mass is 15.2. The van der Waals surface area contributed by atoms with Gasteiger partial charge in [0.15, 0.2) is 5.65 Å². The van der Waals surface area contributed by atoms with Crippen LogP contribution in [0.1, 0.15) is 31.0 Å². The summed E-state index contributed by atoms with van der Waals surface area (Å²) in [7, 11) is 0. The summed E-state index contributed by atoms with van der Waals surface area (Å²) in [5.41, 5.74) is 2.11. The van der Waals surface area contributed by atoms with E-state index in [0.717, 1.165) is 5.69 Å². The van der Waals surface area contributed by atoms with Crippen molar-refractivity contribution < 1.29 is 0 Å². The topological polar surface area (TPSA) is 54.0 Å². The van der Waals surface area contributed by atoms with Crippen molar-refractivity contribution in [1.29, 1.82) is 5.26 Å². The van der Waals surface area contributed by atoms with Crippen LogP contribution in [-0.2, 0) is 0 Å². The van der Waals surface area contributed by atoms with Gasteiger partial charge in [-0.1, -0.05) is 13.8 Å². The fraction of sp³-hybridized carbons (Fsp3) is 0.300. The molecule has 2 aromatic heterocycles. The highest BCUT2D eigenvalue weighted by molar-refractivity contribution is 5.54. The molecule has 14 heavy (non-hydrogen) atoms. The number of aromatic nitrogens is 3. The van der Waals surface area contributed by atoms with E-state index in [0.29, 0.717) is 17.1 Å². The van der Waals surface area contributed by atoms with Crippen LogP contribution in [0.5, 0.6) is 0 Å². The summed E-state index contributed by atoms with van der Waals surface area (Å²) in [6, 6.07) is 3.93. The first-order valence-corrected chi connectivity index (χ1v) is 4.46. The van der Waals surface area contributed by atoms with E-state index >= 15 is 0 Å². The zero-order chi connectivity index (χ0) is 10.1. The third-order valence-electron chi connectivity index (χ3n) is 2.09. The second kappa shape index (κ2) is 3.11. The van der Waals surface area contributed by atoms with Crippen LogP contribution in [0.3, 0.4) is 0 Å². The van der Waals surface area contributed by atoms with Crippen molar-refractivity contribution in [2.75, 3.05) is 0 Å². The van der Waals surface area contributed by atoms with Crippen LogP contribution in [0, 0.1) is 11.3 Å². The first-order chi connectivity index (χ1) is 6.72. The standard InChI is InChI=1S/C10H10N4/c1-7(2)9-5-8(6-11)10-12-3-4-14(10)13-9/h3-5,7H,1-2H3. The SMILES string of the molecule is CC(C)c1cc(C#N)c2nccn2n1. The van der Waals surface area contributed by atoms with Gasteiger partial charge in [-0.2, -0.15) is 10.4 Å². The van der Waals surface area contributed by atoms with Crippen molar-refractivity contribution in [3.8, 4) is 6.07 Å². The first-order valence-electron chi connectivity index (χ1n) is 4.46. The van der Waals surface area contributed by atoms with Gasteiger partial charge in [0.05, 0.1) is 11.3 Å². The van der Waals surface area contributed by atoms with Gasteiger partial charge in [0, 0.05) is 12.4 Å². The molecule has 2 heterocycles. The van der Waals surface area contributed by atoms with Crippen molar-refractivity contribution in [2.45, 2.75) is 19.8 Å². The van der Waals surface area contributed by atoms with Crippen LogP contribution in [0.2, 0.25) is 0 Å². The molecule has 2 aromatic rings. The minimum atomic E-state index is 0.314. The van der Waals surface area contributed by atoms with Gasteiger partial charge < -0.3 is 0 Å². The molecular formula is C10H10N4. The number of hydrogen-bond donors (Lipinski definition) is 0. The van der Waals surface area contributed by atoms with E-state index in [1.165, 1.54) is 0 Å². The Labute approximate surface area is 81.8 Å². The predicted octanol–water partition coefficient (Wildman–Crippen LogP) is 1.72. The molecule has 0 radical (unpaired) electrons. The van der Waals surface area contributed by atoms with Crippen molar-refractivity contribution in [3.63, 3.8) is 0 Å². The molecule has 0 atom stereocenters. The Bertz CT molecular complexity index is 504. The predicted molar refractivity (Wildman–Crippen MR) is 51.8 cm³/mol. The van der Waals surface area contributed by atoms with E-state index in [1.54, 1.807) is 23.0 Å². The highest BCUT2D eigenvalue weighted by Gasteiger charge is 2.08. The van der Waals surface area contributed by atoms with Gasteiger partial charge in [-0.3, -0.25) is 0 Å². The number of imidazole rings is 1. The van der Waals surface area contributed by atoms with Crippen molar-refractivity contribution in [2.24, 2.45) is 0 Å². The summed E-state index contributed by atoms with van der Waals surface area (Å²) in [6.45, 7) is 4.10. The lowest BCUT2D eigenvalue weighted by Gasteiger charge is -2.05. The maximum atomic E-state index is 8.93. The second-order valence-corrected chi connectivity index (χ2v) is 3.44. The van der Waals surface area contributed by atoms with Gasteiger partial charge in [0.25, 0.3) is 0 Å². The Balaban J connectivity index is 2.75. The summed E-state index contributed by atoms with van der Waals surface area (Å²) >= 11 is 0. The van der Waals surface area contributed by atoms with Crippen LogP contribution in [0.4, 0.5) is 0 Å². The highest BCUT2D eigenvalue weighted by Crippen LogP contribution is 2.15. The average molecular weight is 186 g/mol. The van der Waals surface area contributed by atoms with E-state index in [2.05, 4.69) is 16.2 Å². The number of nitrogens with zero attached hydrogens (tertiary/aromatic N) is 4. The maximum absolute atomic E-state index is 8.93. The van der Waals surface area contributed by atoms with E-state index in [-0.39, 0.29) is 0 Å². The minimum Gasteiger partial charge on any atom is -0.234 e. The molecule has 0 aromatic carbocycles. The van der Waals surface area contributed by atoms with Crippen LogP contribution in [0.15, 0.2) is 18.5 Å². The number of fused-ring (bicyclic) bond motifs is 1. The fourth-order valence-electron chi connectivity index (χ4n) is 1.30. The maximum Gasteiger partial charge on any atom is 0.171 e. The van der Waals surface area contributed by atoms with Gasteiger partial charge in [-0.05, 0) is 12.0 Å². The molecule has 2 rings (SSSR count). The Morgan fingerprint density at radius 1 is 1.50 bits per heavy atom. The van der Waals surface area contributed by atoms with Crippen LogP contribution in [-0.4, -0.2) is 14.6 Å². The monoisotopic (exact) mass is 186 g/mol. The van der Waals surface area contributed by atoms with Crippen molar-refractivity contribution in [1.82, 2.24) is 14.6 Å². The molecule has 4 nitrogen and oxygen atoms in total. The zero-order valence-electron chi connectivity index (χ0n) is 8.10. The molecule has 0 aliphatic rings. The summed E-state index contributed by atoms with van der Waals surface area (Å²) in [6.07, 6.45) is 3.40. The first kappa shape index (κ1) is 8.70. The van der Waals surface area contributed by atoms with Crippen LogP contribution >= 0.6 is 0 Å². The van der Waals surface area contributed by atoms with Crippen LogP contribution in [0.25, 0.3) is 5.65 Å². The van der Waals surface area contributed by atoms with E-state index in [4.69, 9.17) is 5.26 Å². The molecule has 0 aliphatic heterocycles. The molecule has 0 saturated heterocycles. The lowest BCUT2D eigenvalue weighted by atomic mass is 10.1. The third-order valence-corrected chi connectivity index (χ3v) is 2.09. The second-order valence-electron chi connectivity index (χ2n) is 3.44. The summed E-state index contributed by atoms with van der Waals surface area (Å²) in [4.78, 5) is 4.07. The van der Waals surface area contributed by atoms with Crippen molar-refractivity contribution in [3.05, 3.63) is 29.7 Å².